The number of hydrogen-bond donors (Lipinski definition) is 1. The zero-order valence-corrected chi connectivity index (χ0v) is 14.9. The minimum absolute atomic E-state index is 0.132. The van der Waals surface area contributed by atoms with E-state index in [0.29, 0.717) is 17.0 Å². The fraction of sp³-hybridized carbons (Fsp3) is 0.263. The van der Waals surface area contributed by atoms with Crippen molar-refractivity contribution < 1.29 is 14.3 Å². The third kappa shape index (κ3) is 4.86. The first kappa shape index (κ1) is 18.1. The fourth-order valence-corrected chi connectivity index (χ4v) is 3.13. The monoisotopic (exact) mass is 343 g/mol. The Morgan fingerprint density at radius 2 is 1.88 bits per heavy atom. The predicted molar refractivity (Wildman–Crippen MR) is 98.5 cm³/mol. The minimum atomic E-state index is -0.457. The molecule has 0 saturated carbocycles. The number of esters is 1. The molecule has 0 aromatic heterocycles. The SMILES string of the molecule is COC(=O)c1cccc(C)c1NC(=O)CSCc1cccc(C)c1. The lowest BCUT2D eigenvalue weighted by Crippen LogP contribution is -2.18. The number of ether oxygens (including phenoxy) is 1. The maximum Gasteiger partial charge on any atom is 0.339 e. The molecule has 0 aliphatic rings. The molecule has 0 saturated heterocycles. The molecule has 0 aliphatic carbocycles. The van der Waals surface area contributed by atoms with Crippen molar-refractivity contribution in [3.63, 3.8) is 0 Å². The molecule has 1 N–H and O–H groups in total. The number of carbonyl (C=O) groups is 2. The fourth-order valence-electron chi connectivity index (χ4n) is 2.35. The highest BCUT2D eigenvalue weighted by atomic mass is 32.2. The van der Waals surface area contributed by atoms with E-state index in [2.05, 4.69) is 17.4 Å². The number of nitrogens with one attached hydrogen (secondary N) is 1. The third-order valence-corrected chi connectivity index (χ3v) is 4.53. The number of hydrogen-bond acceptors (Lipinski definition) is 4. The van der Waals surface area contributed by atoms with Gasteiger partial charge < -0.3 is 10.1 Å². The summed E-state index contributed by atoms with van der Waals surface area (Å²) in [5.41, 5.74) is 4.12. The number of carbonyl (C=O) groups excluding carboxylic acids is 2. The maximum absolute atomic E-state index is 12.2. The van der Waals surface area contributed by atoms with Gasteiger partial charge in [-0.05, 0) is 31.0 Å². The Balaban J connectivity index is 1.96. The molecule has 0 bridgehead atoms. The highest BCUT2D eigenvalue weighted by molar-refractivity contribution is 7.99. The maximum atomic E-state index is 12.2. The van der Waals surface area contributed by atoms with Crippen molar-refractivity contribution in [2.24, 2.45) is 0 Å². The first-order valence-corrected chi connectivity index (χ1v) is 8.78. The first-order chi connectivity index (χ1) is 11.5. The summed E-state index contributed by atoms with van der Waals surface area (Å²) in [6.45, 7) is 3.90. The molecular weight excluding hydrogens is 322 g/mol. The lowest BCUT2D eigenvalue weighted by atomic mass is 10.1. The van der Waals surface area contributed by atoms with Crippen molar-refractivity contribution in [3.8, 4) is 0 Å². The Morgan fingerprint density at radius 1 is 1.12 bits per heavy atom. The van der Waals surface area contributed by atoms with Crippen molar-refractivity contribution in [1.29, 1.82) is 0 Å². The lowest BCUT2D eigenvalue weighted by molar-refractivity contribution is -0.113. The number of amides is 1. The van der Waals surface area contributed by atoms with E-state index < -0.39 is 5.97 Å². The largest absolute Gasteiger partial charge is 0.465 e. The van der Waals surface area contributed by atoms with Crippen LogP contribution in [0.25, 0.3) is 0 Å². The normalized spacial score (nSPS) is 10.3. The Kier molecular flexibility index (Phi) is 6.44. The molecule has 2 aromatic carbocycles. The summed E-state index contributed by atoms with van der Waals surface area (Å²) < 4.78 is 4.77. The van der Waals surface area contributed by atoms with Gasteiger partial charge in [-0.2, -0.15) is 0 Å². The summed E-state index contributed by atoms with van der Waals surface area (Å²) in [5, 5.41) is 2.83. The zero-order valence-electron chi connectivity index (χ0n) is 14.1. The van der Waals surface area contributed by atoms with Gasteiger partial charge in [0.05, 0.1) is 24.1 Å². The van der Waals surface area contributed by atoms with Crippen LogP contribution in [-0.2, 0) is 15.3 Å². The number of methoxy groups -OCH3 is 1. The summed E-state index contributed by atoms with van der Waals surface area (Å²) in [6, 6.07) is 13.5. The van der Waals surface area contributed by atoms with Crippen molar-refractivity contribution in [3.05, 3.63) is 64.7 Å². The van der Waals surface area contributed by atoms with E-state index in [0.717, 1.165) is 11.3 Å². The molecule has 0 fully saturated rings. The number of aryl methyl sites for hydroxylation is 2. The second-order valence-corrected chi connectivity index (χ2v) is 6.50. The predicted octanol–water partition coefficient (Wildman–Crippen LogP) is 3.96. The zero-order chi connectivity index (χ0) is 17.5. The molecule has 1 amide bonds. The van der Waals surface area contributed by atoms with Crippen LogP contribution < -0.4 is 5.32 Å². The van der Waals surface area contributed by atoms with Crippen molar-refractivity contribution >= 4 is 29.3 Å². The lowest BCUT2D eigenvalue weighted by Gasteiger charge is -2.12. The number of anilines is 1. The molecule has 0 atom stereocenters. The van der Waals surface area contributed by atoms with Crippen molar-refractivity contribution in [2.45, 2.75) is 19.6 Å². The van der Waals surface area contributed by atoms with Crippen LogP contribution >= 0.6 is 11.8 Å². The average Bonchev–Trinajstić information content (AvgIpc) is 2.56. The Morgan fingerprint density at radius 3 is 2.58 bits per heavy atom. The molecule has 2 aromatic rings. The molecule has 0 aliphatic heterocycles. The van der Waals surface area contributed by atoms with Gasteiger partial charge in [-0.3, -0.25) is 4.79 Å². The summed E-state index contributed by atoms with van der Waals surface area (Å²) in [6.07, 6.45) is 0. The van der Waals surface area contributed by atoms with Gasteiger partial charge in [0.2, 0.25) is 5.91 Å². The molecule has 2 rings (SSSR count). The number of para-hydroxylation sites is 1. The van der Waals surface area contributed by atoms with E-state index >= 15 is 0 Å². The summed E-state index contributed by atoms with van der Waals surface area (Å²) in [5.74, 6) is 0.504. The van der Waals surface area contributed by atoms with Crippen LogP contribution in [0.2, 0.25) is 0 Å². The molecule has 126 valence electrons. The second kappa shape index (κ2) is 8.55. The average molecular weight is 343 g/mol. The van der Waals surface area contributed by atoms with Gasteiger partial charge >= 0.3 is 5.97 Å². The molecule has 5 heteroatoms. The summed E-state index contributed by atoms with van der Waals surface area (Å²) in [7, 11) is 1.33. The standard InChI is InChI=1S/C19H21NO3S/c1-13-6-4-8-15(10-13)11-24-12-17(21)20-18-14(2)7-5-9-16(18)19(22)23-3/h4-10H,11-12H2,1-3H3,(H,20,21). The van der Waals surface area contributed by atoms with Crippen molar-refractivity contribution in [2.75, 3.05) is 18.2 Å². The molecule has 0 spiro atoms. The van der Waals surface area contributed by atoms with Gasteiger partial charge in [0.15, 0.2) is 0 Å². The van der Waals surface area contributed by atoms with Gasteiger partial charge in [-0.1, -0.05) is 42.0 Å². The quantitative estimate of drug-likeness (QED) is 0.807. The van der Waals surface area contributed by atoms with Gasteiger partial charge in [0.1, 0.15) is 0 Å². The van der Waals surface area contributed by atoms with Gasteiger partial charge in [0.25, 0.3) is 0 Å². The van der Waals surface area contributed by atoms with E-state index in [9.17, 15) is 9.59 Å². The third-order valence-electron chi connectivity index (χ3n) is 3.53. The highest BCUT2D eigenvalue weighted by Crippen LogP contribution is 2.22. The van der Waals surface area contributed by atoms with Gasteiger partial charge in [0, 0.05) is 5.75 Å². The van der Waals surface area contributed by atoms with Crippen LogP contribution in [0.4, 0.5) is 5.69 Å². The Bertz CT molecular complexity index is 743. The number of benzene rings is 2. The van der Waals surface area contributed by atoms with Gasteiger partial charge in [-0.25, -0.2) is 4.79 Å². The second-order valence-electron chi connectivity index (χ2n) is 5.52. The first-order valence-electron chi connectivity index (χ1n) is 7.62. The topological polar surface area (TPSA) is 55.4 Å². The Labute approximate surface area is 146 Å². The minimum Gasteiger partial charge on any atom is -0.465 e. The van der Waals surface area contributed by atoms with E-state index in [4.69, 9.17) is 4.74 Å². The summed E-state index contributed by atoms with van der Waals surface area (Å²) in [4.78, 5) is 24.0. The van der Waals surface area contributed by atoms with E-state index in [1.807, 2.05) is 32.0 Å². The smallest absolute Gasteiger partial charge is 0.339 e. The molecule has 4 nitrogen and oxygen atoms in total. The van der Waals surface area contributed by atoms with Crippen LogP contribution in [0.3, 0.4) is 0 Å². The van der Waals surface area contributed by atoms with Gasteiger partial charge in [-0.15, -0.1) is 11.8 Å². The van der Waals surface area contributed by atoms with E-state index in [-0.39, 0.29) is 5.91 Å². The Hall–Kier alpha value is -2.27. The van der Waals surface area contributed by atoms with E-state index in [1.165, 1.54) is 18.2 Å². The van der Waals surface area contributed by atoms with Crippen LogP contribution in [0, 0.1) is 13.8 Å². The highest BCUT2D eigenvalue weighted by Gasteiger charge is 2.15. The van der Waals surface area contributed by atoms with Crippen LogP contribution in [0.1, 0.15) is 27.0 Å². The molecular formula is C19H21NO3S. The molecule has 24 heavy (non-hydrogen) atoms. The molecule has 0 unspecified atom stereocenters. The van der Waals surface area contributed by atoms with Crippen LogP contribution in [-0.4, -0.2) is 24.7 Å². The van der Waals surface area contributed by atoms with Crippen LogP contribution in [0.15, 0.2) is 42.5 Å². The molecule has 0 radical (unpaired) electrons. The summed E-state index contributed by atoms with van der Waals surface area (Å²) >= 11 is 1.54. The van der Waals surface area contributed by atoms with Crippen LogP contribution in [0.5, 0.6) is 0 Å². The number of rotatable bonds is 6. The van der Waals surface area contributed by atoms with E-state index in [1.54, 1.807) is 23.9 Å². The molecule has 0 heterocycles. The van der Waals surface area contributed by atoms with Crippen molar-refractivity contribution in [1.82, 2.24) is 0 Å². The number of thioether (sulfide) groups is 1.